The second kappa shape index (κ2) is 7.35. The van der Waals surface area contributed by atoms with Crippen LogP contribution < -0.4 is 10.9 Å². The number of rotatable bonds is 4. The van der Waals surface area contributed by atoms with Crippen LogP contribution in [0.3, 0.4) is 0 Å². The number of hydrogen-bond acceptors (Lipinski definition) is 4. The van der Waals surface area contributed by atoms with Crippen LogP contribution in [0, 0.1) is 0 Å². The molecule has 22 heavy (non-hydrogen) atoms. The molecule has 0 fully saturated rings. The van der Waals surface area contributed by atoms with Crippen molar-refractivity contribution in [1.82, 2.24) is 10.9 Å². The fourth-order valence-electron chi connectivity index (χ4n) is 1.66. The topological polar surface area (TPSA) is 90.8 Å². The molecule has 6 nitrogen and oxygen atoms in total. The van der Waals surface area contributed by atoms with Gasteiger partial charge in [-0.05, 0) is 29.8 Å². The minimum atomic E-state index is -0.601. The molecule has 0 saturated heterocycles. The van der Waals surface area contributed by atoms with Gasteiger partial charge in [-0.25, -0.2) is 10.9 Å². The van der Waals surface area contributed by atoms with E-state index in [0.717, 1.165) is 0 Å². The SMILES string of the molecule is O=C(NO)c1ccc(/C=N/NC(=O)c2ccccc2Cl)cc1. The molecule has 0 bridgehead atoms. The van der Waals surface area contributed by atoms with Gasteiger partial charge in [0.05, 0.1) is 16.8 Å². The summed E-state index contributed by atoms with van der Waals surface area (Å²) in [6.07, 6.45) is 1.43. The van der Waals surface area contributed by atoms with Gasteiger partial charge in [0.25, 0.3) is 11.8 Å². The number of halogens is 1. The molecule has 2 aromatic rings. The fraction of sp³-hybridized carbons (Fsp3) is 0. The molecule has 112 valence electrons. The van der Waals surface area contributed by atoms with Crippen LogP contribution in [-0.4, -0.2) is 23.2 Å². The molecule has 0 aliphatic rings. The van der Waals surface area contributed by atoms with E-state index in [1.54, 1.807) is 41.9 Å². The number of nitrogens with one attached hydrogen (secondary N) is 2. The van der Waals surface area contributed by atoms with Gasteiger partial charge in [0.15, 0.2) is 0 Å². The monoisotopic (exact) mass is 317 g/mol. The number of nitrogens with zero attached hydrogens (tertiary/aromatic N) is 1. The first-order chi connectivity index (χ1) is 10.6. The van der Waals surface area contributed by atoms with Gasteiger partial charge < -0.3 is 0 Å². The van der Waals surface area contributed by atoms with Gasteiger partial charge in [-0.1, -0.05) is 35.9 Å². The molecule has 0 radical (unpaired) electrons. The predicted molar refractivity (Wildman–Crippen MR) is 82.2 cm³/mol. The second-order valence-electron chi connectivity index (χ2n) is 4.24. The van der Waals surface area contributed by atoms with Gasteiger partial charge in [0.1, 0.15) is 0 Å². The van der Waals surface area contributed by atoms with Crippen molar-refractivity contribution >= 4 is 29.6 Å². The van der Waals surface area contributed by atoms with Crippen LogP contribution in [-0.2, 0) is 0 Å². The number of hydrazone groups is 1. The van der Waals surface area contributed by atoms with Crippen LogP contribution >= 0.6 is 11.6 Å². The highest BCUT2D eigenvalue weighted by Gasteiger charge is 2.07. The number of amides is 2. The molecule has 2 amide bonds. The molecule has 0 heterocycles. The van der Waals surface area contributed by atoms with Crippen molar-refractivity contribution in [2.24, 2.45) is 5.10 Å². The summed E-state index contributed by atoms with van der Waals surface area (Å²) in [5, 5.41) is 12.7. The van der Waals surface area contributed by atoms with Crippen molar-refractivity contribution < 1.29 is 14.8 Å². The maximum Gasteiger partial charge on any atom is 0.274 e. The molecule has 2 rings (SSSR count). The molecule has 7 heteroatoms. The Hall–Kier alpha value is -2.70. The number of carbonyl (C=O) groups excluding carboxylic acids is 2. The molecular weight excluding hydrogens is 306 g/mol. The smallest absolute Gasteiger partial charge is 0.274 e. The van der Waals surface area contributed by atoms with E-state index in [4.69, 9.17) is 16.8 Å². The predicted octanol–water partition coefficient (Wildman–Crippen LogP) is 2.22. The number of hydrogen-bond donors (Lipinski definition) is 3. The van der Waals surface area contributed by atoms with Crippen LogP contribution in [0.2, 0.25) is 5.02 Å². The maximum atomic E-state index is 11.8. The van der Waals surface area contributed by atoms with Crippen molar-refractivity contribution in [1.29, 1.82) is 0 Å². The van der Waals surface area contributed by atoms with Gasteiger partial charge >= 0.3 is 0 Å². The minimum absolute atomic E-state index is 0.305. The fourth-order valence-corrected chi connectivity index (χ4v) is 1.88. The third-order valence-electron chi connectivity index (χ3n) is 2.77. The van der Waals surface area contributed by atoms with E-state index in [9.17, 15) is 9.59 Å². The van der Waals surface area contributed by atoms with E-state index >= 15 is 0 Å². The highest BCUT2D eigenvalue weighted by Crippen LogP contribution is 2.14. The Morgan fingerprint density at radius 3 is 2.36 bits per heavy atom. The summed E-state index contributed by atoms with van der Waals surface area (Å²) in [5.74, 6) is -1.02. The maximum absolute atomic E-state index is 11.8. The summed E-state index contributed by atoms with van der Waals surface area (Å²) in [5.41, 5.74) is 5.21. The zero-order valence-electron chi connectivity index (χ0n) is 11.3. The number of carbonyl (C=O) groups is 2. The minimum Gasteiger partial charge on any atom is -0.288 e. The zero-order chi connectivity index (χ0) is 15.9. The van der Waals surface area contributed by atoms with Gasteiger partial charge in [0.2, 0.25) is 0 Å². The number of hydroxylamine groups is 1. The van der Waals surface area contributed by atoms with E-state index in [1.807, 2.05) is 0 Å². The lowest BCUT2D eigenvalue weighted by Gasteiger charge is -2.02. The van der Waals surface area contributed by atoms with Crippen LogP contribution in [0.5, 0.6) is 0 Å². The molecule has 0 atom stereocenters. The van der Waals surface area contributed by atoms with Crippen molar-refractivity contribution in [3.8, 4) is 0 Å². The summed E-state index contributed by atoms with van der Waals surface area (Å²) in [7, 11) is 0. The normalized spacial score (nSPS) is 10.5. The van der Waals surface area contributed by atoms with Crippen molar-refractivity contribution in [2.45, 2.75) is 0 Å². The van der Waals surface area contributed by atoms with E-state index in [2.05, 4.69) is 10.5 Å². The zero-order valence-corrected chi connectivity index (χ0v) is 12.0. The highest BCUT2D eigenvalue weighted by molar-refractivity contribution is 6.33. The molecule has 0 aromatic heterocycles. The Kier molecular flexibility index (Phi) is 5.24. The Balaban J connectivity index is 1.99. The molecule has 3 N–H and O–H groups in total. The molecule has 0 unspecified atom stereocenters. The molecular formula is C15H12ClN3O3. The summed E-state index contributed by atoms with van der Waals surface area (Å²) < 4.78 is 0. The van der Waals surface area contributed by atoms with Gasteiger partial charge in [-0.3, -0.25) is 14.8 Å². The van der Waals surface area contributed by atoms with Gasteiger partial charge in [-0.2, -0.15) is 5.10 Å². The number of benzene rings is 2. The Morgan fingerprint density at radius 1 is 1.05 bits per heavy atom. The average molecular weight is 318 g/mol. The third-order valence-corrected chi connectivity index (χ3v) is 3.10. The summed E-state index contributed by atoms with van der Waals surface area (Å²) in [4.78, 5) is 23.0. The lowest BCUT2D eigenvalue weighted by atomic mass is 10.1. The quantitative estimate of drug-likeness (QED) is 0.459. The Bertz CT molecular complexity index is 714. The largest absolute Gasteiger partial charge is 0.288 e. The van der Waals surface area contributed by atoms with Crippen molar-refractivity contribution in [3.63, 3.8) is 0 Å². The van der Waals surface area contributed by atoms with Crippen molar-refractivity contribution in [2.75, 3.05) is 0 Å². The van der Waals surface area contributed by atoms with E-state index in [-0.39, 0.29) is 0 Å². The summed E-state index contributed by atoms with van der Waals surface area (Å²) in [6, 6.07) is 12.9. The molecule has 0 saturated carbocycles. The standard InChI is InChI=1S/C15H12ClN3O3/c16-13-4-2-1-3-12(13)15(21)18-17-9-10-5-7-11(8-6-10)14(20)19-22/h1-9,22H,(H,18,21)(H,19,20)/b17-9+. The molecule has 0 aliphatic heterocycles. The van der Waals surface area contributed by atoms with Gasteiger partial charge in [-0.15, -0.1) is 0 Å². The second-order valence-corrected chi connectivity index (χ2v) is 4.65. The summed E-state index contributed by atoms with van der Waals surface area (Å²) in [6.45, 7) is 0. The lowest BCUT2D eigenvalue weighted by Crippen LogP contribution is -2.18. The molecule has 2 aromatic carbocycles. The first-order valence-corrected chi connectivity index (χ1v) is 6.62. The van der Waals surface area contributed by atoms with Crippen LogP contribution in [0.1, 0.15) is 26.3 Å². The van der Waals surface area contributed by atoms with Crippen LogP contribution in [0.25, 0.3) is 0 Å². The Morgan fingerprint density at radius 2 is 1.73 bits per heavy atom. The van der Waals surface area contributed by atoms with Crippen LogP contribution in [0.15, 0.2) is 53.6 Å². The highest BCUT2D eigenvalue weighted by atomic mass is 35.5. The molecule has 0 spiro atoms. The summed E-state index contributed by atoms with van der Waals surface area (Å²) >= 11 is 5.90. The first-order valence-electron chi connectivity index (χ1n) is 6.24. The van der Waals surface area contributed by atoms with Crippen LogP contribution in [0.4, 0.5) is 0 Å². The van der Waals surface area contributed by atoms with E-state index in [0.29, 0.717) is 21.7 Å². The Labute approximate surface area is 131 Å². The van der Waals surface area contributed by atoms with Crippen molar-refractivity contribution in [3.05, 3.63) is 70.2 Å². The lowest BCUT2D eigenvalue weighted by molar-refractivity contribution is 0.0706. The first kappa shape index (κ1) is 15.7. The molecule has 0 aliphatic carbocycles. The third kappa shape index (κ3) is 3.91. The van der Waals surface area contributed by atoms with E-state index in [1.165, 1.54) is 18.3 Å². The average Bonchev–Trinajstić information content (AvgIpc) is 2.55. The van der Waals surface area contributed by atoms with E-state index < -0.39 is 11.8 Å². The van der Waals surface area contributed by atoms with Gasteiger partial charge in [0, 0.05) is 5.56 Å².